The van der Waals surface area contributed by atoms with E-state index in [1.54, 1.807) is 0 Å². The van der Waals surface area contributed by atoms with E-state index in [9.17, 15) is 0 Å². The summed E-state index contributed by atoms with van der Waals surface area (Å²) in [7, 11) is 0. The fourth-order valence-electron chi connectivity index (χ4n) is 3.43. The second kappa shape index (κ2) is 8.68. The monoisotopic (exact) mass is 338 g/mol. The molecule has 132 valence electrons. The Hall–Kier alpha value is -2.32. The Balaban J connectivity index is 1.57. The summed E-state index contributed by atoms with van der Waals surface area (Å²) in [6.07, 6.45) is 6.84. The second-order valence-corrected chi connectivity index (χ2v) is 6.45. The molecule has 0 fully saturated rings. The molecule has 0 aliphatic heterocycles. The summed E-state index contributed by atoms with van der Waals surface area (Å²) in [4.78, 5) is 0. The van der Waals surface area contributed by atoms with Crippen molar-refractivity contribution in [3.63, 3.8) is 0 Å². The summed E-state index contributed by atoms with van der Waals surface area (Å²) >= 11 is 0. The van der Waals surface area contributed by atoms with Crippen molar-refractivity contribution >= 4 is 0 Å². The Morgan fingerprint density at radius 2 is 2.36 bits per heavy atom. The molecule has 1 aliphatic rings. The van der Waals surface area contributed by atoms with Gasteiger partial charge in [0.25, 0.3) is 0 Å². The first kappa shape index (κ1) is 17.5. The fraction of sp³-hybridized carbons (Fsp3) is 0.500. The molecule has 5 heteroatoms. The van der Waals surface area contributed by atoms with Gasteiger partial charge in [-0.2, -0.15) is 10.4 Å². The zero-order chi connectivity index (χ0) is 17.5. The van der Waals surface area contributed by atoms with E-state index in [0.717, 1.165) is 38.1 Å². The molecule has 0 amide bonds. The van der Waals surface area contributed by atoms with Gasteiger partial charge in [-0.3, -0.25) is 4.68 Å². The summed E-state index contributed by atoms with van der Waals surface area (Å²) in [6, 6.07) is 10.7. The van der Waals surface area contributed by atoms with Crippen LogP contribution in [-0.2, 0) is 19.5 Å². The van der Waals surface area contributed by atoms with Crippen molar-refractivity contribution in [2.45, 2.75) is 58.2 Å². The number of nitrogens with zero attached hydrogens (tertiary/aromatic N) is 3. The average molecular weight is 338 g/mol. The number of benzene rings is 1. The predicted molar refractivity (Wildman–Crippen MR) is 97.2 cm³/mol. The number of unbranched alkanes of at least 4 members (excludes halogenated alkanes) is 1. The van der Waals surface area contributed by atoms with Crippen LogP contribution in [0.15, 0.2) is 30.5 Å². The summed E-state index contributed by atoms with van der Waals surface area (Å²) in [5, 5.41) is 16.8. The van der Waals surface area contributed by atoms with Crippen LogP contribution in [0.2, 0.25) is 0 Å². The van der Waals surface area contributed by atoms with E-state index in [-0.39, 0.29) is 0 Å². The minimum Gasteiger partial charge on any atom is -0.494 e. The molecule has 3 rings (SSSR count). The highest BCUT2D eigenvalue weighted by Crippen LogP contribution is 2.30. The van der Waals surface area contributed by atoms with Gasteiger partial charge in [0.15, 0.2) is 0 Å². The lowest BCUT2D eigenvalue weighted by Gasteiger charge is -2.24. The zero-order valence-corrected chi connectivity index (χ0v) is 14.9. The fourth-order valence-corrected chi connectivity index (χ4v) is 3.43. The molecule has 25 heavy (non-hydrogen) atoms. The van der Waals surface area contributed by atoms with Crippen LogP contribution in [-0.4, -0.2) is 16.4 Å². The number of nitrogens with one attached hydrogen (secondary N) is 1. The van der Waals surface area contributed by atoms with Gasteiger partial charge in [0.1, 0.15) is 5.75 Å². The highest BCUT2D eigenvalue weighted by molar-refractivity contribution is 5.29. The normalized spacial score (nSPS) is 16.2. The van der Waals surface area contributed by atoms with E-state index in [4.69, 9.17) is 10.00 Å². The second-order valence-electron chi connectivity index (χ2n) is 6.45. The van der Waals surface area contributed by atoms with Crippen LogP contribution in [0, 0.1) is 11.3 Å². The van der Waals surface area contributed by atoms with Crippen LogP contribution in [0.4, 0.5) is 0 Å². The smallest absolute Gasteiger partial charge is 0.119 e. The van der Waals surface area contributed by atoms with Crippen molar-refractivity contribution in [3.8, 4) is 11.8 Å². The van der Waals surface area contributed by atoms with Gasteiger partial charge in [-0.05, 0) is 50.3 Å². The molecule has 5 nitrogen and oxygen atoms in total. The maximum Gasteiger partial charge on any atom is 0.119 e. The Labute approximate surface area is 149 Å². The molecular formula is C20H26N4O. The first-order chi connectivity index (χ1) is 12.3. The van der Waals surface area contributed by atoms with Gasteiger partial charge in [-0.15, -0.1) is 0 Å². The number of aromatic nitrogens is 2. The Morgan fingerprint density at radius 1 is 1.44 bits per heavy atom. The molecular weight excluding hydrogens is 312 g/mol. The van der Waals surface area contributed by atoms with E-state index in [1.165, 1.54) is 23.2 Å². The molecule has 1 atom stereocenters. The molecule has 1 aromatic carbocycles. The Morgan fingerprint density at radius 3 is 3.20 bits per heavy atom. The number of rotatable bonds is 8. The van der Waals surface area contributed by atoms with Crippen molar-refractivity contribution in [2.75, 3.05) is 6.61 Å². The summed E-state index contributed by atoms with van der Waals surface area (Å²) in [5.74, 6) is 0.875. The van der Waals surface area contributed by atoms with E-state index in [0.29, 0.717) is 19.1 Å². The van der Waals surface area contributed by atoms with E-state index in [2.05, 4.69) is 40.2 Å². The molecule has 0 saturated carbocycles. The maximum absolute atomic E-state index is 8.57. The molecule has 1 N–H and O–H groups in total. The SMILES string of the molecule is CCn1ncc2c1CCC[C@H]2NCc1cccc(OCCCC#N)c1. The average Bonchev–Trinajstić information content (AvgIpc) is 3.08. The van der Waals surface area contributed by atoms with Crippen molar-refractivity contribution in [1.29, 1.82) is 5.26 Å². The minimum absolute atomic E-state index is 0.379. The number of fused-ring (bicyclic) bond motifs is 1. The maximum atomic E-state index is 8.57. The van der Waals surface area contributed by atoms with Gasteiger partial charge in [-0.25, -0.2) is 0 Å². The summed E-state index contributed by atoms with van der Waals surface area (Å²) in [5.41, 5.74) is 3.96. The van der Waals surface area contributed by atoms with Crippen LogP contribution in [0.25, 0.3) is 0 Å². The summed E-state index contributed by atoms with van der Waals surface area (Å²) in [6.45, 7) is 4.49. The van der Waals surface area contributed by atoms with Crippen LogP contribution in [0.3, 0.4) is 0 Å². The van der Waals surface area contributed by atoms with Gasteiger partial charge in [0, 0.05) is 36.8 Å². The third-order valence-corrected chi connectivity index (χ3v) is 4.72. The third kappa shape index (κ3) is 4.40. The molecule has 1 heterocycles. The number of aryl methyl sites for hydroxylation is 1. The lowest BCUT2D eigenvalue weighted by atomic mass is 9.93. The first-order valence-corrected chi connectivity index (χ1v) is 9.18. The third-order valence-electron chi connectivity index (χ3n) is 4.72. The van der Waals surface area contributed by atoms with Gasteiger partial charge in [0.2, 0.25) is 0 Å². The quantitative estimate of drug-likeness (QED) is 0.745. The van der Waals surface area contributed by atoms with Crippen LogP contribution < -0.4 is 10.1 Å². The van der Waals surface area contributed by atoms with Crippen LogP contribution >= 0.6 is 0 Å². The Kier molecular flexibility index (Phi) is 6.08. The van der Waals surface area contributed by atoms with Crippen LogP contribution in [0.5, 0.6) is 5.75 Å². The van der Waals surface area contributed by atoms with Crippen molar-refractivity contribution in [3.05, 3.63) is 47.3 Å². The van der Waals surface area contributed by atoms with Gasteiger partial charge in [-0.1, -0.05) is 12.1 Å². The molecule has 0 saturated heterocycles. The van der Waals surface area contributed by atoms with E-state index < -0.39 is 0 Å². The zero-order valence-electron chi connectivity index (χ0n) is 14.9. The number of hydrogen-bond donors (Lipinski definition) is 1. The molecule has 0 radical (unpaired) electrons. The van der Waals surface area contributed by atoms with Crippen molar-refractivity contribution in [2.24, 2.45) is 0 Å². The number of ether oxygens (including phenoxy) is 1. The number of hydrogen-bond acceptors (Lipinski definition) is 4. The van der Waals surface area contributed by atoms with E-state index >= 15 is 0 Å². The van der Waals surface area contributed by atoms with Gasteiger partial charge >= 0.3 is 0 Å². The Bertz CT molecular complexity index is 732. The summed E-state index contributed by atoms with van der Waals surface area (Å²) < 4.78 is 7.85. The van der Waals surface area contributed by atoms with E-state index in [1.807, 2.05) is 18.3 Å². The van der Waals surface area contributed by atoms with Crippen molar-refractivity contribution in [1.82, 2.24) is 15.1 Å². The first-order valence-electron chi connectivity index (χ1n) is 9.18. The molecule has 2 aromatic rings. The topological polar surface area (TPSA) is 62.9 Å². The molecule has 1 aromatic heterocycles. The minimum atomic E-state index is 0.379. The molecule has 0 spiro atoms. The van der Waals surface area contributed by atoms with Gasteiger partial charge in [0.05, 0.1) is 18.9 Å². The molecule has 0 bridgehead atoms. The molecule has 1 aliphatic carbocycles. The molecule has 0 unspecified atom stereocenters. The van der Waals surface area contributed by atoms with Crippen molar-refractivity contribution < 1.29 is 4.74 Å². The lowest BCUT2D eigenvalue weighted by molar-refractivity contribution is 0.312. The van der Waals surface area contributed by atoms with Gasteiger partial charge < -0.3 is 10.1 Å². The predicted octanol–water partition coefficient (Wildman–Crippen LogP) is 3.75. The number of nitriles is 1. The highest BCUT2D eigenvalue weighted by Gasteiger charge is 2.23. The van der Waals surface area contributed by atoms with Crippen LogP contribution in [0.1, 0.15) is 55.5 Å². The highest BCUT2D eigenvalue weighted by atomic mass is 16.5. The largest absolute Gasteiger partial charge is 0.494 e. The standard InChI is InChI=1S/C20H26N4O/c1-2-24-20-10-6-9-19(18(20)15-23-24)22-14-16-7-5-8-17(13-16)25-12-4-3-11-21/h5,7-8,13,15,19,22H,2-4,6,9-10,12,14H2,1H3/t19-/m1/s1. The lowest BCUT2D eigenvalue weighted by Crippen LogP contribution is -2.25.